The van der Waals surface area contributed by atoms with Gasteiger partial charge in [0.2, 0.25) is 0 Å². The highest BCUT2D eigenvalue weighted by Gasteiger charge is 2.13. The summed E-state index contributed by atoms with van der Waals surface area (Å²) in [5, 5.41) is 14.3. The van der Waals surface area contributed by atoms with Crippen LogP contribution in [0.15, 0.2) is 35.5 Å². The van der Waals surface area contributed by atoms with E-state index in [0.29, 0.717) is 0 Å². The molecule has 0 spiro atoms. The zero-order valence-electron chi connectivity index (χ0n) is 9.92. The molecule has 0 fully saturated rings. The van der Waals surface area contributed by atoms with Crippen LogP contribution in [0.4, 0.5) is 0 Å². The number of carboxylic acids is 1. The molecule has 1 rings (SSSR count). The van der Waals surface area contributed by atoms with Gasteiger partial charge in [-0.05, 0) is 5.56 Å². The second kappa shape index (κ2) is 7.05. The van der Waals surface area contributed by atoms with Crippen molar-refractivity contribution in [2.45, 2.75) is 6.42 Å². The number of benzene rings is 1. The maximum Gasteiger partial charge on any atom is 0.322 e. The fourth-order valence-corrected chi connectivity index (χ4v) is 1.31. The molecule has 0 radical (unpaired) electrons. The fourth-order valence-electron chi connectivity index (χ4n) is 1.31. The fraction of sp³-hybridized carbons (Fsp3) is 0.250. The van der Waals surface area contributed by atoms with Crippen molar-refractivity contribution in [1.29, 1.82) is 0 Å². The Morgan fingerprint density at radius 2 is 2.00 bits per heavy atom. The zero-order chi connectivity index (χ0) is 13.4. The topological polar surface area (TPSA) is 88.0 Å². The van der Waals surface area contributed by atoms with E-state index in [0.717, 1.165) is 5.56 Å². The zero-order valence-corrected chi connectivity index (χ0v) is 9.92. The molecule has 96 valence electrons. The van der Waals surface area contributed by atoms with Gasteiger partial charge in [0, 0.05) is 6.42 Å². The summed E-state index contributed by atoms with van der Waals surface area (Å²) in [5.74, 6) is -1.66. The molecule has 6 heteroatoms. The van der Waals surface area contributed by atoms with Crippen LogP contribution in [0.2, 0.25) is 0 Å². The molecule has 0 heterocycles. The van der Waals surface area contributed by atoms with E-state index in [-0.39, 0.29) is 12.1 Å². The van der Waals surface area contributed by atoms with Crippen LogP contribution < -0.4 is 5.32 Å². The van der Waals surface area contributed by atoms with E-state index in [1.54, 1.807) is 0 Å². The summed E-state index contributed by atoms with van der Waals surface area (Å²) in [6.45, 7) is -0.448. The molecule has 18 heavy (non-hydrogen) atoms. The third-order valence-corrected chi connectivity index (χ3v) is 2.08. The smallest absolute Gasteiger partial charge is 0.322 e. The maximum absolute atomic E-state index is 11.7. The predicted molar refractivity (Wildman–Crippen MR) is 65.2 cm³/mol. The number of carbonyl (C=O) groups is 2. The SMILES string of the molecule is CO/N=C(\Cc1ccccc1)C(=O)NCC(=O)O. The lowest BCUT2D eigenvalue weighted by Gasteiger charge is -2.05. The second-order valence-electron chi connectivity index (χ2n) is 3.46. The van der Waals surface area contributed by atoms with Crippen molar-refractivity contribution in [3.05, 3.63) is 35.9 Å². The average molecular weight is 250 g/mol. The van der Waals surface area contributed by atoms with Gasteiger partial charge in [-0.15, -0.1) is 0 Å². The van der Waals surface area contributed by atoms with Crippen molar-refractivity contribution < 1.29 is 19.5 Å². The molecule has 0 unspecified atom stereocenters. The van der Waals surface area contributed by atoms with Gasteiger partial charge >= 0.3 is 5.97 Å². The number of rotatable bonds is 6. The Morgan fingerprint density at radius 3 is 2.56 bits per heavy atom. The molecule has 0 atom stereocenters. The largest absolute Gasteiger partial charge is 0.480 e. The van der Waals surface area contributed by atoms with Gasteiger partial charge in [0.25, 0.3) is 5.91 Å². The third-order valence-electron chi connectivity index (χ3n) is 2.08. The van der Waals surface area contributed by atoms with Crippen LogP contribution in [0.3, 0.4) is 0 Å². The van der Waals surface area contributed by atoms with Crippen LogP contribution in [0.25, 0.3) is 0 Å². The predicted octanol–water partition coefficient (Wildman–Crippen LogP) is 0.432. The number of hydrogen-bond acceptors (Lipinski definition) is 4. The Labute approximate surface area is 104 Å². The molecular formula is C12H14N2O4. The number of oxime groups is 1. The Kier molecular flexibility index (Phi) is 5.37. The van der Waals surface area contributed by atoms with Crippen LogP contribution in [-0.4, -0.2) is 36.3 Å². The van der Waals surface area contributed by atoms with Gasteiger partial charge in [-0.1, -0.05) is 35.5 Å². The van der Waals surface area contributed by atoms with E-state index < -0.39 is 18.4 Å². The van der Waals surface area contributed by atoms with Crippen molar-refractivity contribution >= 4 is 17.6 Å². The van der Waals surface area contributed by atoms with E-state index in [1.807, 2.05) is 30.3 Å². The van der Waals surface area contributed by atoms with Gasteiger partial charge in [0.15, 0.2) is 0 Å². The molecule has 0 bridgehead atoms. The molecule has 1 amide bonds. The standard InChI is InChI=1S/C12H14N2O4/c1-18-14-10(12(17)13-8-11(15)16)7-9-5-3-2-4-6-9/h2-6H,7-8H2,1H3,(H,13,17)(H,15,16)/b14-10+. The molecule has 0 aliphatic carbocycles. The lowest BCUT2D eigenvalue weighted by Crippen LogP contribution is -2.36. The monoisotopic (exact) mass is 250 g/mol. The number of carboxylic acid groups (broad SMARTS) is 1. The van der Waals surface area contributed by atoms with E-state index in [9.17, 15) is 9.59 Å². The van der Waals surface area contributed by atoms with Crippen LogP contribution >= 0.6 is 0 Å². The van der Waals surface area contributed by atoms with Crippen molar-refractivity contribution in [2.24, 2.45) is 5.16 Å². The average Bonchev–Trinajstić information content (AvgIpc) is 2.36. The number of amides is 1. The number of hydrogen-bond donors (Lipinski definition) is 2. The highest BCUT2D eigenvalue weighted by atomic mass is 16.6. The molecule has 6 nitrogen and oxygen atoms in total. The first-order valence-electron chi connectivity index (χ1n) is 5.27. The summed E-state index contributed by atoms with van der Waals surface area (Å²) in [6.07, 6.45) is 0.278. The van der Waals surface area contributed by atoms with E-state index in [4.69, 9.17) is 5.11 Å². The molecule has 0 saturated heterocycles. The van der Waals surface area contributed by atoms with Crippen LogP contribution in [0.1, 0.15) is 5.56 Å². The van der Waals surface area contributed by atoms with E-state index in [1.165, 1.54) is 7.11 Å². The van der Waals surface area contributed by atoms with Crippen LogP contribution in [0.5, 0.6) is 0 Å². The highest BCUT2D eigenvalue weighted by Crippen LogP contribution is 2.01. The first kappa shape index (κ1) is 13.7. The first-order chi connectivity index (χ1) is 8.63. The van der Waals surface area contributed by atoms with Gasteiger partial charge in [-0.3, -0.25) is 9.59 Å². The highest BCUT2D eigenvalue weighted by molar-refractivity contribution is 6.39. The lowest BCUT2D eigenvalue weighted by atomic mass is 10.1. The Hall–Kier alpha value is -2.37. The molecule has 0 aliphatic heterocycles. The van der Waals surface area contributed by atoms with E-state index in [2.05, 4.69) is 15.3 Å². The number of nitrogens with one attached hydrogen (secondary N) is 1. The number of aliphatic carboxylic acids is 1. The molecule has 1 aromatic carbocycles. The van der Waals surface area contributed by atoms with Crippen molar-refractivity contribution in [2.75, 3.05) is 13.7 Å². The van der Waals surface area contributed by atoms with Crippen molar-refractivity contribution in [1.82, 2.24) is 5.32 Å². The molecular weight excluding hydrogens is 236 g/mol. The Balaban J connectivity index is 2.69. The van der Waals surface area contributed by atoms with Crippen molar-refractivity contribution in [3.63, 3.8) is 0 Å². The maximum atomic E-state index is 11.7. The molecule has 0 aliphatic rings. The molecule has 0 aromatic heterocycles. The summed E-state index contributed by atoms with van der Waals surface area (Å²) >= 11 is 0. The summed E-state index contributed by atoms with van der Waals surface area (Å²) in [7, 11) is 1.33. The molecule has 1 aromatic rings. The van der Waals surface area contributed by atoms with Crippen LogP contribution in [0, 0.1) is 0 Å². The van der Waals surface area contributed by atoms with Crippen LogP contribution in [-0.2, 0) is 20.8 Å². The quantitative estimate of drug-likeness (QED) is 0.566. The van der Waals surface area contributed by atoms with E-state index >= 15 is 0 Å². The first-order valence-corrected chi connectivity index (χ1v) is 5.27. The summed E-state index contributed by atoms with van der Waals surface area (Å²) in [6, 6.07) is 9.23. The summed E-state index contributed by atoms with van der Waals surface area (Å²) < 4.78 is 0. The normalized spacial score (nSPS) is 10.8. The number of carbonyl (C=O) groups excluding carboxylic acids is 1. The Morgan fingerprint density at radius 1 is 1.33 bits per heavy atom. The second-order valence-corrected chi connectivity index (χ2v) is 3.46. The number of nitrogens with zero attached hydrogens (tertiary/aromatic N) is 1. The minimum Gasteiger partial charge on any atom is -0.480 e. The lowest BCUT2D eigenvalue weighted by molar-refractivity contribution is -0.137. The third kappa shape index (κ3) is 4.65. The summed E-state index contributed by atoms with van der Waals surface area (Å²) in [5.41, 5.74) is 1.02. The van der Waals surface area contributed by atoms with Crippen molar-refractivity contribution in [3.8, 4) is 0 Å². The Bertz CT molecular complexity index is 443. The minimum atomic E-state index is -1.11. The molecule has 2 N–H and O–H groups in total. The van der Waals surface area contributed by atoms with Gasteiger partial charge < -0.3 is 15.3 Å². The van der Waals surface area contributed by atoms with Gasteiger partial charge in [-0.2, -0.15) is 0 Å². The molecule has 0 saturated carbocycles. The van der Waals surface area contributed by atoms with Gasteiger partial charge in [0.05, 0.1) is 0 Å². The van der Waals surface area contributed by atoms with Gasteiger partial charge in [-0.25, -0.2) is 0 Å². The summed E-state index contributed by atoms with van der Waals surface area (Å²) in [4.78, 5) is 26.6. The van der Waals surface area contributed by atoms with Gasteiger partial charge in [0.1, 0.15) is 19.4 Å². The minimum absolute atomic E-state index is 0.130.